The third kappa shape index (κ3) is 6.65. The molecule has 0 saturated carbocycles. The van der Waals surface area contributed by atoms with Crippen LogP contribution >= 0.6 is 23.4 Å². The van der Waals surface area contributed by atoms with E-state index in [2.05, 4.69) is 10.0 Å². The van der Waals surface area contributed by atoms with E-state index in [1.807, 2.05) is 0 Å². The molecule has 0 aromatic heterocycles. The number of carbonyl (C=O) groups excluding carboxylic acids is 1. The Labute approximate surface area is 192 Å². The highest BCUT2D eigenvalue weighted by Gasteiger charge is 2.30. The molecular weight excluding hydrogens is 485 g/mol. The second-order valence-electron chi connectivity index (χ2n) is 6.50. The lowest BCUT2D eigenvalue weighted by atomic mass is 10.2. The number of amides is 1. The van der Waals surface area contributed by atoms with Gasteiger partial charge in [-0.1, -0.05) is 17.7 Å². The van der Waals surface area contributed by atoms with E-state index in [1.165, 1.54) is 42.1 Å². The fourth-order valence-electron chi connectivity index (χ4n) is 2.57. The highest BCUT2D eigenvalue weighted by atomic mass is 35.5. The van der Waals surface area contributed by atoms with E-state index in [0.717, 1.165) is 17.0 Å². The molecule has 0 fully saturated rings. The van der Waals surface area contributed by atoms with Crippen molar-refractivity contribution in [2.45, 2.75) is 16.0 Å². The maximum absolute atomic E-state index is 12.8. The molecule has 11 heteroatoms. The molecule has 0 aliphatic carbocycles. The first-order valence-corrected chi connectivity index (χ1v) is 11.9. The predicted octanol–water partition coefficient (Wildman–Crippen LogP) is 5.89. The van der Waals surface area contributed by atoms with E-state index < -0.39 is 21.8 Å². The first kappa shape index (κ1) is 24.0. The Balaban J connectivity index is 1.61. The lowest BCUT2D eigenvalue weighted by molar-refractivity contribution is -0.137. The zero-order chi connectivity index (χ0) is 23.4. The van der Waals surface area contributed by atoms with Gasteiger partial charge in [0.1, 0.15) is 0 Å². The standard InChI is InChI=1S/C21H16ClF3N2O3S2/c22-15-4-8-18(9-5-15)31-13-20(28)26-16-6-10-19(11-7-16)32(29,30)27-17-3-1-2-14(12-17)21(23,24)25/h1-12,27H,13H2,(H,26,28). The fourth-order valence-corrected chi connectivity index (χ4v) is 4.44. The van der Waals surface area contributed by atoms with Gasteiger partial charge >= 0.3 is 6.18 Å². The second-order valence-corrected chi connectivity index (χ2v) is 9.67. The lowest BCUT2D eigenvalue weighted by Gasteiger charge is -2.12. The van der Waals surface area contributed by atoms with Crippen molar-refractivity contribution >= 4 is 50.7 Å². The highest BCUT2D eigenvalue weighted by molar-refractivity contribution is 8.00. The summed E-state index contributed by atoms with van der Waals surface area (Å²) in [6.07, 6.45) is -4.59. The number of sulfonamides is 1. The number of halogens is 4. The van der Waals surface area contributed by atoms with Crippen LogP contribution in [0.1, 0.15) is 5.56 Å². The lowest BCUT2D eigenvalue weighted by Crippen LogP contribution is -2.15. The van der Waals surface area contributed by atoms with Gasteiger partial charge in [-0.05, 0) is 66.7 Å². The summed E-state index contributed by atoms with van der Waals surface area (Å²) in [5.74, 6) is -0.152. The molecule has 0 aliphatic heterocycles. The monoisotopic (exact) mass is 500 g/mol. The van der Waals surface area contributed by atoms with Crippen LogP contribution in [-0.2, 0) is 21.0 Å². The van der Waals surface area contributed by atoms with E-state index in [1.54, 1.807) is 24.3 Å². The third-order valence-electron chi connectivity index (χ3n) is 4.07. The average Bonchev–Trinajstić information content (AvgIpc) is 2.73. The highest BCUT2D eigenvalue weighted by Crippen LogP contribution is 2.31. The Hall–Kier alpha value is -2.69. The number of benzene rings is 3. The van der Waals surface area contributed by atoms with E-state index in [4.69, 9.17) is 11.6 Å². The van der Waals surface area contributed by atoms with Crippen molar-refractivity contribution in [2.75, 3.05) is 15.8 Å². The summed E-state index contributed by atoms with van der Waals surface area (Å²) >= 11 is 7.13. The zero-order valence-electron chi connectivity index (χ0n) is 16.2. The van der Waals surface area contributed by atoms with Gasteiger partial charge in [0.2, 0.25) is 5.91 Å². The van der Waals surface area contributed by atoms with E-state index in [9.17, 15) is 26.4 Å². The summed E-state index contributed by atoms with van der Waals surface area (Å²) in [4.78, 5) is 12.8. The molecule has 3 rings (SSSR count). The first-order chi connectivity index (χ1) is 15.0. The third-order valence-corrected chi connectivity index (χ3v) is 6.74. The van der Waals surface area contributed by atoms with Crippen LogP contribution in [0.25, 0.3) is 0 Å². The summed E-state index contributed by atoms with van der Waals surface area (Å²) < 4.78 is 65.6. The van der Waals surface area contributed by atoms with Gasteiger partial charge in [-0.2, -0.15) is 13.2 Å². The van der Waals surface area contributed by atoms with Crippen LogP contribution in [0.15, 0.2) is 82.6 Å². The predicted molar refractivity (Wildman–Crippen MR) is 120 cm³/mol. The summed E-state index contributed by atoms with van der Waals surface area (Å²) in [7, 11) is -4.12. The van der Waals surface area contributed by atoms with E-state index >= 15 is 0 Å². The number of alkyl halides is 3. The molecule has 3 aromatic rings. The van der Waals surface area contributed by atoms with Crippen LogP contribution in [0.5, 0.6) is 0 Å². The van der Waals surface area contributed by atoms with Crippen LogP contribution in [0, 0.1) is 0 Å². The summed E-state index contributed by atoms with van der Waals surface area (Å²) in [6, 6.07) is 16.2. The fraction of sp³-hybridized carbons (Fsp3) is 0.0952. The minimum atomic E-state index is -4.59. The molecule has 0 spiro atoms. The van der Waals surface area contributed by atoms with E-state index in [0.29, 0.717) is 16.8 Å². The minimum absolute atomic E-state index is 0.138. The SMILES string of the molecule is O=C(CSc1ccc(Cl)cc1)Nc1ccc(S(=O)(=O)Nc2cccc(C(F)(F)F)c2)cc1. The van der Waals surface area contributed by atoms with Gasteiger partial charge < -0.3 is 5.32 Å². The van der Waals surface area contributed by atoms with Gasteiger partial charge in [-0.25, -0.2) is 8.42 Å². The Morgan fingerprint density at radius 2 is 1.59 bits per heavy atom. The van der Waals surface area contributed by atoms with Gasteiger partial charge in [0, 0.05) is 21.3 Å². The molecule has 0 unspecified atom stereocenters. The van der Waals surface area contributed by atoms with Gasteiger partial charge in [0.05, 0.1) is 16.2 Å². The summed E-state index contributed by atoms with van der Waals surface area (Å²) in [5, 5.41) is 3.24. The summed E-state index contributed by atoms with van der Waals surface area (Å²) in [5.41, 5.74) is -0.798. The Bertz CT molecular complexity index is 1200. The number of rotatable bonds is 7. The van der Waals surface area contributed by atoms with Crippen molar-refractivity contribution in [2.24, 2.45) is 0 Å². The van der Waals surface area contributed by atoms with Crippen molar-refractivity contribution in [3.05, 3.63) is 83.4 Å². The van der Waals surface area contributed by atoms with Gasteiger partial charge in [-0.15, -0.1) is 11.8 Å². The number of nitrogens with one attached hydrogen (secondary N) is 2. The smallest absolute Gasteiger partial charge is 0.325 e. The van der Waals surface area contributed by atoms with Crippen molar-refractivity contribution in [1.29, 1.82) is 0 Å². The van der Waals surface area contributed by atoms with Crippen LogP contribution < -0.4 is 10.0 Å². The maximum Gasteiger partial charge on any atom is 0.416 e. The zero-order valence-corrected chi connectivity index (χ0v) is 18.6. The quantitative estimate of drug-likeness (QED) is 0.397. The molecule has 32 heavy (non-hydrogen) atoms. The van der Waals surface area contributed by atoms with Gasteiger partial charge in [-0.3, -0.25) is 9.52 Å². The van der Waals surface area contributed by atoms with Crippen LogP contribution in [-0.4, -0.2) is 20.1 Å². The number of thioether (sulfide) groups is 1. The number of hydrogen-bond donors (Lipinski definition) is 2. The molecule has 0 atom stereocenters. The van der Waals surface area contributed by atoms with Crippen LogP contribution in [0.2, 0.25) is 5.02 Å². The van der Waals surface area contributed by atoms with Crippen molar-refractivity contribution in [1.82, 2.24) is 0 Å². The number of anilines is 2. The summed E-state index contributed by atoms with van der Waals surface area (Å²) in [6.45, 7) is 0. The number of carbonyl (C=O) groups is 1. The average molecular weight is 501 g/mol. The normalized spacial score (nSPS) is 11.8. The largest absolute Gasteiger partial charge is 0.416 e. The van der Waals surface area contributed by atoms with Gasteiger partial charge in [0.25, 0.3) is 10.0 Å². The van der Waals surface area contributed by atoms with Crippen molar-refractivity contribution in [3.8, 4) is 0 Å². The van der Waals surface area contributed by atoms with Crippen molar-refractivity contribution in [3.63, 3.8) is 0 Å². The Morgan fingerprint density at radius 3 is 2.22 bits per heavy atom. The molecule has 0 radical (unpaired) electrons. The molecule has 0 aliphatic rings. The molecule has 2 N–H and O–H groups in total. The molecular formula is C21H16ClF3N2O3S2. The van der Waals surface area contributed by atoms with Crippen molar-refractivity contribution < 1.29 is 26.4 Å². The molecule has 0 bridgehead atoms. The molecule has 0 heterocycles. The maximum atomic E-state index is 12.8. The molecule has 168 valence electrons. The first-order valence-electron chi connectivity index (χ1n) is 9.01. The van der Waals surface area contributed by atoms with Crippen LogP contribution in [0.3, 0.4) is 0 Å². The number of hydrogen-bond acceptors (Lipinski definition) is 4. The Morgan fingerprint density at radius 1 is 0.938 bits per heavy atom. The van der Waals surface area contributed by atoms with E-state index in [-0.39, 0.29) is 22.2 Å². The Kier molecular flexibility index (Phi) is 7.37. The van der Waals surface area contributed by atoms with Crippen LogP contribution in [0.4, 0.5) is 24.5 Å². The molecule has 5 nitrogen and oxygen atoms in total. The minimum Gasteiger partial charge on any atom is -0.325 e. The second kappa shape index (κ2) is 9.85. The van der Waals surface area contributed by atoms with Gasteiger partial charge in [0.15, 0.2) is 0 Å². The molecule has 3 aromatic carbocycles. The molecule has 1 amide bonds. The topological polar surface area (TPSA) is 75.3 Å². The molecule has 0 saturated heterocycles.